The largest absolute Gasteiger partial charge is 0.450 e. The lowest BCUT2D eigenvalue weighted by Gasteiger charge is -2.42. The first kappa shape index (κ1) is 14.8. The minimum atomic E-state index is -0.177. The van der Waals surface area contributed by atoms with Crippen LogP contribution in [0.2, 0.25) is 0 Å². The van der Waals surface area contributed by atoms with E-state index in [9.17, 15) is 9.59 Å². The van der Waals surface area contributed by atoms with Crippen molar-refractivity contribution in [3.05, 3.63) is 11.8 Å². The van der Waals surface area contributed by atoms with Crippen LogP contribution >= 0.6 is 0 Å². The molecule has 126 valence electrons. The molecule has 2 bridgehead atoms. The molecule has 6 nitrogen and oxygen atoms in total. The number of ether oxygens (including phenoxy) is 1. The van der Waals surface area contributed by atoms with Gasteiger partial charge in [-0.25, -0.2) is 4.79 Å². The van der Waals surface area contributed by atoms with Gasteiger partial charge in [0.2, 0.25) is 5.91 Å². The Bertz CT molecular complexity index is 551. The number of hydrogen-bond acceptors (Lipinski definition) is 4. The zero-order chi connectivity index (χ0) is 16.0. The Kier molecular flexibility index (Phi) is 3.50. The summed E-state index contributed by atoms with van der Waals surface area (Å²) in [7, 11) is 0. The summed E-state index contributed by atoms with van der Waals surface area (Å²) in [6.07, 6.45) is 5.99. The van der Waals surface area contributed by atoms with Gasteiger partial charge >= 0.3 is 6.09 Å². The minimum absolute atomic E-state index is 0.177. The average molecular weight is 319 g/mol. The molecule has 6 heteroatoms. The smallest absolute Gasteiger partial charge is 0.410 e. The molecule has 1 aliphatic carbocycles. The second-order valence-electron chi connectivity index (χ2n) is 7.38. The van der Waals surface area contributed by atoms with Crippen LogP contribution < -0.4 is 5.32 Å². The van der Waals surface area contributed by atoms with Gasteiger partial charge in [0, 0.05) is 44.2 Å². The fourth-order valence-corrected chi connectivity index (χ4v) is 4.70. The van der Waals surface area contributed by atoms with Gasteiger partial charge in [-0.05, 0) is 37.7 Å². The number of carbonyl (C=O) groups excluding carboxylic acids is 2. The van der Waals surface area contributed by atoms with Crippen molar-refractivity contribution in [2.24, 2.45) is 11.3 Å². The molecule has 0 aromatic carbocycles. The number of nitrogens with one attached hydrogen (secondary N) is 1. The van der Waals surface area contributed by atoms with Gasteiger partial charge in [0.1, 0.15) is 0 Å². The molecule has 1 N–H and O–H groups in total. The third-order valence-electron chi connectivity index (χ3n) is 6.01. The van der Waals surface area contributed by atoms with E-state index in [-0.39, 0.29) is 23.5 Å². The fraction of sp³-hybridized carbons (Fsp3) is 0.765. The molecule has 2 atom stereocenters. The molecule has 0 saturated carbocycles. The normalized spacial score (nSPS) is 31.5. The number of hydrogen-bond donors (Lipinski definition) is 1. The number of likely N-dealkylation sites (tertiary alicyclic amines) is 2. The first-order chi connectivity index (χ1) is 11.1. The van der Waals surface area contributed by atoms with Crippen molar-refractivity contribution >= 4 is 12.0 Å². The zero-order valence-corrected chi connectivity index (χ0v) is 13.7. The maximum atomic E-state index is 11.9. The van der Waals surface area contributed by atoms with Crippen LogP contribution in [0.4, 0.5) is 4.79 Å². The summed E-state index contributed by atoms with van der Waals surface area (Å²) >= 11 is 0. The maximum Gasteiger partial charge on any atom is 0.410 e. The van der Waals surface area contributed by atoms with Crippen LogP contribution in [-0.2, 0) is 9.53 Å². The van der Waals surface area contributed by atoms with Crippen LogP contribution in [0.1, 0.15) is 32.6 Å². The van der Waals surface area contributed by atoms with E-state index in [1.165, 1.54) is 5.70 Å². The van der Waals surface area contributed by atoms with Crippen molar-refractivity contribution in [1.29, 1.82) is 0 Å². The van der Waals surface area contributed by atoms with Crippen LogP contribution in [0.5, 0.6) is 0 Å². The number of amides is 2. The van der Waals surface area contributed by atoms with E-state index in [1.807, 2.05) is 11.8 Å². The average Bonchev–Trinajstić information content (AvgIpc) is 3.23. The molecule has 3 fully saturated rings. The monoisotopic (exact) mass is 319 g/mol. The molecule has 1 spiro atoms. The Balaban J connectivity index is 1.38. The van der Waals surface area contributed by atoms with Crippen molar-refractivity contribution in [3.63, 3.8) is 0 Å². The predicted molar refractivity (Wildman–Crippen MR) is 84.6 cm³/mol. The molecule has 0 radical (unpaired) electrons. The van der Waals surface area contributed by atoms with E-state index >= 15 is 0 Å². The maximum absolute atomic E-state index is 11.9. The van der Waals surface area contributed by atoms with Gasteiger partial charge in [0.15, 0.2) is 0 Å². The molecular weight excluding hydrogens is 294 g/mol. The molecule has 3 aliphatic heterocycles. The predicted octanol–water partition coefficient (Wildman–Crippen LogP) is 1.33. The molecule has 2 amide bonds. The van der Waals surface area contributed by atoms with E-state index in [2.05, 4.69) is 16.3 Å². The van der Waals surface area contributed by atoms with Crippen molar-refractivity contribution in [3.8, 4) is 0 Å². The summed E-state index contributed by atoms with van der Waals surface area (Å²) in [5, 5.41) is 2.99. The highest BCUT2D eigenvalue weighted by Gasteiger charge is 2.46. The molecule has 0 aromatic rings. The summed E-state index contributed by atoms with van der Waals surface area (Å²) in [4.78, 5) is 27.8. The van der Waals surface area contributed by atoms with Gasteiger partial charge in [-0.3, -0.25) is 4.79 Å². The van der Waals surface area contributed by atoms with Crippen LogP contribution in [0.3, 0.4) is 0 Å². The van der Waals surface area contributed by atoms with Gasteiger partial charge in [-0.2, -0.15) is 0 Å². The Morgan fingerprint density at radius 3 is 2.78 bits per heavy atom. The SMILES string of the molecule is CCOC(=O)N1CC2CC1C=C2N1CCC2(CC1)CNC(=O)C2. The minimum Gasteiger partial charge on any atom is -0.450 e. The van der Waals surface area contributed by atoms with Crippen LogP contribution in [0, 0.1) is 11.3 Å². The molecule has 3 saturated heterocycles. The third kappa shape index (κ3) is 2.48. The summed E-state index contributed by atoms with van der Waals surface area (Å²) in [6.45, 7) is 5.98. The number of rotatable bonds is 2. The van der Waals surface area contributed by atoms with Gasteiger partial charge in [0.05, 0.1) is 12.6 Å². The quantitative estimate of drug-likeness (QED) is 0.834. The van der Waals surface area contributed by atoms with E-state index in [0.29, 0.717) is 18.9 Å². The zero-order valence-electron chi connectivity index (χ0n) is 13.7. The standard InChI is InChI=1S/C17H25N3O3/c1-2-23-16(22)20-10-12-7-13(20)8-14(12)19-5-3-17(4-6-19)9-15(21)18-11-17/h8,12-13H,2-7,9-11H2,1H3,(H,18,21). The number of nitrogens with zero attached hydrogens (tertiary/aromatic N) is 2. The number of fused-ring (bicyclic) bond motifs is 2. The van der Waals surface area contributed by atoms with Crippen molar-refractivity contribution < 1.29 is 14.3 Å². The Morgan fingerprint density at radius 1 is 1.43 bits per heavy atom. The van der Waals surface area contributed by atoms with Crippen LogP contribution in [-0.4, -0.2) is 60.6 Å². The summed E-state index contributed by atoms with van der Waals surface area (Å²) < 4.78 is 5.14. The van der Waals surface area contributed by atoms with E-state index < -0.39 is 0 Å². The lowest BCUT2D eigenvalue weighted by molar-refractivity contribution is -0.119. The second-order valence-corrected chi connectivity index (χ2v) is 7.38. The molecule has 2 unspecified atom stereocenters. The first-order valence-electron chi connectivity index (χ1n) is 8.77. The first-order valence-corrected chi connectivity index (χ1v) is 8.77. The summed E-state index contributed by atoms with van der Waals surface area (Å²) in [5.74, 6) is 0.671. The summed E-state index contributed by atoms with van der Waals surface area (Å²) in [5.41, 5.74) is 1.62. The highest BCUT2D eigenvalue weighted by atomic mass is 16.6. The number of piperidine rings is 1. The fourth-order valence-electron chi connectivity index (χ4n) is 4.70. The number of carbonyl (C=O) groups is 2. The molecular formula is C17H25N3O3. The Morgan fingerprint density at radius 2 is 2.22 bits per heavy atom. The van der Waals surface area contributed by atoms with Crippen molar-refractivity contribution in [2.45, 2.75) is 38.6 Å². The van der Waals surface area contributed by atoms with Gasteiger partial charge in [0.25, 0.3) is 0 Å². The molecule has 23 heavy (non-hydrogen) atoms. The van der Waals surface area contributed by atoms with Crippen LogP contribution in [0.15, 0.2) is 11.8 Å². The van der Waals surface area contributed by atoms with Crippen molar-refractivity contribution in [2.75, 3.05) is 32.8 Å². The van der Waals surface area contributed by atoms with Crippen molar-refractivity contribution in [1.82, 2.24) is 15.1 Å². The molecule has 0 aromatic heterocycles. The van der Waals surface area contributed by atoms with Gasteiger partial charge in [-0.1, -0.05) is 0 Å². The van der Waals surface area contributed by atoms with Crippen LogP contribution in [0.25, 0.3) is 0 Å². The Labute approximate surface area is 136 Å². The third-order valence-corrected chi connectivity index (χ3v) is 6.01. The highest BCUT2D eigenvalue weighted by Crippen LogP contribution is 2.43. The van der Waals surface area contributed by atoms with E-state index in [1.54, 1.807) is 0 Å². The lowest BCUT2D eigenvalue weighted by atomic mass is 9.77. The Hall–Kier alpha value is -1.72. The molecule has 4 aliphatic rings. The second kappa shape index (κ2) is 5.42. The summed E-state index contributed by atoms with van der Waals surface area (Å²) in [6, 6.07) is 0.208. The van der Waals surface area contributed by atoms with E-state index in [0.717, 1.165) is 45.4 Å². The highest BCUT2D eigenvalue weighted by molar-refractivity contribution is 5.79. The van der Waals surface area contributed by atoms with Gasteiger partial charge in [-0.15, -0.1) is 0 Å². The molecule has 4 rings (SSSR count). The van der Waals surface area contributed by atoms with E-state index in [4.69, 9.17) is 4.74 Å². The lowest BCUT2D eigenvalue weighted by Crippen LogP contribution is -2.44. The topological polar surface area (TPSA) is 61.9 Å². The molecule has 3 heterocycles. The van der Waals surface area contributed by atoms with Gasteiger partial charge < -0.3 is 19.9 Å².